The molecule has 22 heavy (non-hydrogen) atoms. The summed E-state index contributed by atoms with van der Waals surface area (Å²) in [5, 5.41) is 3.09. The maximum absolute atomic E-state index is 12.5. The molecular weight excluding hydrogens is 280 g/mol. The Labute approximate surface area is 129 Å². The molecule has 3 heterocycles. The molecule has 116 valence electrons. The van der Waals surface area contributed by atoms with E-state index in [1.54, 1.807) is 12.6 Å². The predicted molar refractivity (Wildman–Crippen MR) is 79.8 cm³/mol. The van der Waals surface area contributed by atoms with Gasteiger partial charge in [0.15, 0.2) is 0 Å². The van der Waals surface area contributed by atoms with Crippen molar-refractivity contribution in [1.29, 1.82) is 0 Å². The summed E-state index contributed by atoms with van der Waals surface area (Å²) < 4.78 is 7.42. The van der Waals surface area contributed by atoms with Crippen molar-refractivity contribution in [3.05, 3.63) is 42.4 Å². The van der Waals surface area contributed by atoms with Gasteiger partial charge < -0.3 is 14.3 Å². The lowest BCUT2D eigenvalue weighted by atomic mass is 10.1. The second-order valence-corrected chi connectivity index (χ2v) is 6.25. The van der Waals surface area contributed by atoms with Crippen molar-refractivity contribution in [3.8, 4) is 0 Å². The highest BCUT2D eigenvalue weighted by molar-refractivity contribution is 5.80. The van der Waals surface area contributed by atoms with Crippen molar-refractivity contribution < 1.29 is 9.21 Å². The second kappa shape index (κ2) is 5.61. The minimum Gasteiger partial charge on any atom is -0.468 e. The molecule has 0 spiro atoms. The molecule has 2 aromatic heterocycles. The van der Waals surface area contributed by atoms with Gasteiger partial charge >= 0.3 is 0 Å². The van der Waals surface area contributed by atoms with E-state index >= 15 is 0 Å². The van der Waals surface area contributed by atoms with E-state index in [0.717, 1.165) is 24.5 Å². The number of rotatable bonds is 5. The van der Waals surface area contributed by atoms with Crippen molar-refractivity contribution >= 4 is 5.91 Å². The number of fused-ring (bicyclic) bond motifs is 1. The first-order valence-electron chi connectivity index (χ1n) is 7.83. The maximum Gasteiger partial charge on any atom is 0.244 e. The largest absolute Gasteiger partial charge is 0.468 e. The van der Waals surface area contributed by atoms with Crippen LogP contribution in [0.25, 0.3) is 0 Å². The molecule has 0 radical (unpaired) electrons. The molecule has 6 heteroatoms. The first-order chi connectivity index (χ1) is 10.8. The van der Waals surface area contributed by atoms with Crippen LogP contribution in [-0.4, -0.2) is 33.4 Å². The zero-order valence-corrected chi connectivity index (χ0v) is 12.4. The Morgan fingerprint density at radius 2 is 2.36 bits per heavy atom. The average molecular weight is 300 g/mol. The molecule has 2 aromatic rings. The predicted octanol–water partition coefficient (Wildman–Crippen LogP) is 1.56. The van der Waals surface area contributed by atoms with Gasteiger partial charge in [0.1, 0.15) is 11.8 Å². The van der Waals surface area contributed by atoms with E-state index in [-0.39, 0.29) is 11.9 Å². The van der Waals surface area contributed by atoms with Gasteiger partial charge in [-0.1, -0.05) is 0 Å². The van der Waals surface area contributed by atoms with E-state index < -0.39 is 0 Å². The maximum atomic E-state index is 12.5. The van der Waals surface area contributed by atoms with Gasteiger partial charge in [-0.15, -0.1) is 0 Å². The van der Waals surface area contributed by atoms with Gasteiger partial charge in [-0.05, 0) is 30.9 Å². The SMILES string of the molecule is O=C(NCC1CC1)[C@H]1CN(Cc2ccco2)Cc2cncn21. The Morgan fingerprint density at radius 3 is 3.14 bits per heavy atom. The van der Waals surface area contributed by atoms with Crippen LogP contribution in [0.15, 0.2) is 35.3 Å². The Bertz CT molecular complexity index is 645. The number of hydrogen-bond acceptors (Lipinski definition) is 4. The molecule has 4 rings (SSSR count). The van der Waals surface area contributed by atoms with Crippen molar-refractivity contribution in [2.75, 3.05) is 13.1 Å². The highest BCUT2D eigenvalue weighted by atomic mass is 16.3. The molecular formula is C16H20N4O2. The molecule has 0 saturated heterocycles. The van der Waals surface area contributed by atoms with Crippen LogP contribution in [-0.2, 0) is 17.9 Å². The zero-order chi connectivity index (χ0) is 14.9. The third-order valence-electron chi connectivity index (χ3n) is 4.42. The van der Waals surface area contributed by atoms with Gasteiger partial charge in [-0.2, -0.15) is 0 Å². The third-order valence-corrected chi connectivity index (χ3v) is 4.42. The van der Waals surface area contributed by atoms with Gasteiger partial charge in [0, 0.05) is 25.8 Å². The fourth-order valence-corrected chi connectivity index (χ4v) is 3.00. The second-order valence-electron chi connectivity index (χ2n) is 6.25. The standard InChI is InChI=1S/C16H20N4O2/c21-16(18-6-12-3-4-12)15-10-19(9-14-2-1-5-22-14)8-13-7-17-11-20(13)15/h1-2,5,7,11-12,15H,3-4,6,8-10H2,(H,18,21)/t15-/m1/s1. The van der Waals surface area contributed by atoms with Crippen LogP contribution in [0.2, 0.25) is 0 Å². The molecule has 1 N–H and O–H groups in total. The van der Waals surface area contributed by atoms with E-state index in [9.17, 15) is 4.79 Å². The minimum absolute atomic E-state index is 0.0929. The lowest BCUT2D eigenvalue weighted by Crippen LogP contribution is -2.44. The van der Waals surface area contributed by atoms with E-state index in [2.05, 4.69) is 15.2 Å². The molecule has 6 nitrogen and oxygen atoms in total. The third kappa shape index (κ3) is 2.78. The number of nitrogens with zero attached hydrogens (tertiary/aromatic N) is 3. The highest BCUT2D eigenvalue weighted by Gasteiger charge is 2.31. The van der Waals surface area contributed by atoms with Crippen LogP contribution in [0.1, 0.15) is 30.3 Å². The van der Waals surface area contributed by atoms with Crippen molar-refractivity contribution in [1.82, 2.24) is 19.8 Å². The number of hydrogen-bond donors (Lipinski definition) is 1. The number of amides is 1. The average Bonchev–Trinajstić information content (AvgIpc) is 2.98. The number of imidazole rings is 1. The Kier molecular flexibility index (Phi) is 3.46. The summed E-state index contributed by atoms with van der Waals surface area (Å²) >= 11 is 0. The van der Waals surface area contributed by atoms with Crippen molar-refractivity contribution in [2.45, 2.75) is 32.0 Å². The molecule has 1 saturated carbocycles. The van der Waals surface area contributed by atoms with E-state index in [0.29, 0.717) is 19.0 Å². The number of nitrogens with one attached hydrogen (secondary N) is 1. The topological polar surface area (TPSA) is 63.3 Å². The lowest BCUT2D eigenvalue weighted by molar-refractivity contribution is -0.125. The normalized spacial score (nSPS) is 21.5. The molecule has 0 bridgehead atoms. The monoisotopic (exact) mass is 300 g/mol. The quantitative estimate of drug-likeness (QED) is 0.910. The van der Waals surface area contributed by atoms with Crippen LogP contribution >= 0.6 is 0 Å². The van der Waals surface area contributed by atoms with Gasteiger partial charge in [0.25, 0.3) is 0 Å². The summed E-state index contributed by atoms with van der Waals surface area (Å²) in [5.41, 5.74) is 1.07. The van der Waals surface area contributed by atoms with E-state index in [1.165, 1.54) is 12.8 Å². The molecule has 0 aromatic carbocycles. The Morgan fingerprint density at radius 1 is 1.45 bits per heavy atom. The van der Waals surface area contributed by atoms with Crippen molar-refractivity contribution in [3.63, 3.8) is 0 Å². The summed E-state index contributed by atoms with van der Waals surface area (Å²) in [6.45, 7) is 2.98. The van der Waals surface area contributed by atoms with Crippen LogP contribution in [0.3, 0.4) is 0 Å². The zero-order valence-electron chi connectivity index (χ0n) is 12.4. The van der Waals surface area contributed by atoms with Gasteiger partial charge in [-0.3, -0.25) is 9.69 Å². The van der Waals surface area contributed by atoms with Crippen LogP contribution in [0.4, 0.5) is 0 Å². The lowest BCUT2D eigenvalue weighted by Gasteiger charge is -2.33. The fraction of sp³-hybridized carbons (Fsp3) is 0.500. The first kappa shape index (κ1) is 13.6. The summed E-state index contributed by atoms with van der Waals surface area (Å²) in [6, 6.07) is 3.65. The Hall–Kier alpha value is -2.08. The molecule has 1 fully saturated rings. The number of carbonyl (C=O) groups excluding carboxylic acids is 1. The minimum atomic E-state index is -0.208. The molecule has 1 amide bonds. The number of carbonyl (C=O) groups is 1. The van der Waals surface area contributed by atoms with Crippen LogP contribution in [0, 0.1) is 5.92 Å². The summed E-state index contributed by atoms with van der Waals surface area (Å²) in [5.74, 6) is 1.70. The van der Waals surface area contributed by atoms with Gasteiger partial charge in [0.2, 0.25) is 5.91 Å². The van der Waals surface area contributed by atoms with E-state index in [1.807, 2.05) is 22.9 Å². The van der Waals surface area contributed by atoms with Crippen molar-refractivity contribution in [2.24, 2.45) is 5.92 Å². The molecule has 1 atom stereocenters. The number of furan rings is 1. The van der Waals surface area contributed by atoms with Gasteiger partial charge in [0.05, 0.1) is 24.8 Å². The highest BCUT2D eigenvalue weighted by Crippen LogP contribution is 2.28. The molecule has 2 aliphatic rings. The van der Waals surface area contributed by atoms with Gasteiger partial charge in [-0.25, -0.2) is 4.98 Å². The molecule has 1 aliphatic carbocycles. The summed E-state index contributed by atoms with van der Waals surface area (Å²) in [7, 11) is 0. The summed E-state index contributed by atoms with van der Waals surface area (Å²) in [6.07, 6.45) is 7.78. The first-order valence-corrected chi connectivity index (χ1v) is 7.83. The Balaban J connectivity index is 1.48. The fourth-order valence-electron chi connectivity index (χ4n) is 3.00. The smallest absolute Gasteiger partial charge is 0.244 e. The van der Waals surface area contributed by atoms with E-state index in [4.69, 9.17) is 4.42 Å². The van der Waals surface area contributed by atoms with Crippen LogP contribution < -0.4 is 5.32 Å². The summed E-state index contributed by atoms with van der Waals surface area (Å²) in [4.78, 5) is 19.0. The molecule has 1 aliphatic heterocycles. The number of aromatic nitrogens is 2. The van der Waals surface area contributed by atoms with Crippen LogP contribution in [0.5, 0.6) is 0 Å². The molecule has 0 unspecified atom stereocenters.